The third-order valence-corrected chi connectivity index (χ3v) is 6.98. The number of nitrogens with zero attached hydrogens (tertiary/aromatic N) is 2. The van der Waals surface area contributed by atoms with E-state index < -0.39 is 17.9 Å². The van der Waals surface area contributed by atoms with Gasteiger partial charge in [-0.1, -0.05) is 42.5 Å². The number of rotatable bonds is 7. The molecule has 0 saturated carbocycles. The molecule has 8 nitrogen and oxygen atoms in total. The number of anilines is 2. The molecule has 0 aromatic heterocycles. The first-order valence-electron chi connectivity index (χ1n) is 12.7. The van der Waals surface area contributed by atoms with E-state index in [0.29, 0.717) is 33.9 Å². The highest BCUT2D eigenvalue weighted by Crippen LogP contribution is 2.50. The molecule has 1 aliphatic rings. The number of ether oxygens (including phenoxy) is 3. The summed E-state index contributed by atoms with van der Waals surface area (Å²) < 4.78 is 16.0. The number of fused-ring (bicyclic) bond motifs is 1. The summed E-state index contributed by atoms with van der Waals surface area (Å²) in [5.41, 5.74) is 9.53. The van der Waals surface area contributed by atoms with Crippen LogP contribution in [0.1, 0.15) is 50.4 Å². The van der Waals surface area contributed by atoms with Crippen LogP contribution in [-0.2, 0) is 4.74 Å². The van der Waals surface area contributed by atoms with Gasteiger partial charge < -0.3 is 19.9 Å². The van der Waals surface area contributed by atoms with E-state index in [1.165, 1.54) is 0 Å². The maximum Gasteiger partial charge on any atom is 0.341 e. The van der Waals surface area contributed by atoms with Crippen LogP contribution in [0.5, 0.6) is 11.5 Å². The average molecular weight is 534 g/mol. The Kier molecular flexibility index (Phi) is 7.13. The number of nitrogens with two attached hydrogens (primary N) is 1. The number of nitrogen functional groups attached to an aromatic ring is 1. The van der Waals surface area contributed by atoms with E-state index in [0.717, 1.165) is 5.56 Å². The van der Waals surface area contributed by atoms with Crippen molar-refractivity contribution in [3.8, 4) is 28.7 Å². The Hall–Kier alpha value is -5.29. The van der Waals surface area contributed by atoms with Crippen molar-refractivity contribution in [2.75, 3.05) is 31.5 Å². The Bertz CT molecular complexity index is 1630. The lowest BCUT2D eigenvalue weighted by Crippen LogP contribution is -2.29. The highest BCUT2D eigenvalue weighted by Gasteiger charge is 2.46. The second-order valence-electron chi connectivity index (χ2n) is 9.07. The van der Waals surface area contributed by atoms with Gasteiger partial charge in [0.05, 0.1) is 49.2 Å². The van der Waals surface area contributed by atoms with Crippen molar-refractivity contribution in [3.05, 3.63) is 107 Å². The Balaban J connectivity index is 1.92. The Morgan fingerprint density at radius 1 is 0.925 bits per heavy atom. The standard InChI is InChI=1S/C32H27N3O5/c1-4-40-32(37)28-27-26(25(24(18-33)29(28)34)19-10-14-22(38-2)15-11-19)30(20-12-16-23(39-3)17-13-20)35(31(27)36)21-8-6-5-7-9-21/h5-17,30H,4,34H2,1-3H3. The monoisotopic (exact) mass is 533 g/mol. The topological polar surface area (TPSA) is 115 Å². The fraction of sp³-hybridized carbons (Fsp3) is 0.156. The minimum absolute atomic E-state index is 0.0770. The Morgan fingerprint density at radius 2 is 1.52 bits per heavy atom. The number of benzene rings is 4. The van der Waals surface area contributed by atoms with Gasteiger partial charge in [-0.05, 0) is 54.4 Å². The average Bonchev–Trinajstić information content (AvgIpc) is 3.29. The molecule has 200 valence electrons. The normalized spacial score (nSPS) is 13.9. The molecule has 2 N–H and O–H groups in total. The number of para-hydroxylation sites is 1. The van der Waals surface area contributed by atoms with Crippen LogP contribution in [0.2, 0.25) is 0 Å². The summed E-state index contributed by atoms with van der Waals surface area (Å²) in [6, 6.07) is 25.2. The highest BCUT2D eigenvalue weighted by molar-refractivity contribution is 6.20. The number of hydrogen-bond acceptors (Lipinski definition) is 7. The van der Waals surface area contributed by atoms with Crippen LogP contribution < -0.4 is 20.1 Å². The lowest BCUT2D eigenvalue weighted by atomic mass is 9.83. The highest BCUT2D eigenvalue weighted by atomic mass is 16.5. The largest absolute Gasteiger partial charge is 0.497 e. The van der Waals surface area contributed by atoms with Gasteiger partial charge in [0, 0.05) is 16.8 Å². The first-order chi connectivity index (χ1) is 19.4. The number of carbonyl (C=O) groups is 2. The number of hydrogen-bond donors (Lipinski definition) is 1. The molecule has 0 bridgehead atoms. The molecule has 1 unspecified atom stereocenters. The van der Waals surface area contributed by atoms with E-state index in [-0.39, 0.29) is 29.0 Å². The van der Waals surface area contributed by atoms with Crippen LogP contribution >= 0.6 is 0 Å². The second kappa shape index (κ2) is 10.8. The molecule has 4 aromatic rings. The van der Waals surface area contributed by atoms with Gasteiger partial charge in [0.25, 0.3) is 5.91 Å². The fourth-order valence-corrected chi connectivity index (χ4v) is 5.20. The van der Waals surface area contributed by atoms with Gasteiger partial charge >= 0.3 is 5.97 Å². The zero-order valence-electron chi connectivity index (χ0n) is 22.3. The third kappa shape index (κ3) is 4.28. The molecule has 0 radical (unpaired) electrons. The molecule has 4 aromatic carbocycles. The molecule has 8 heteroatoms. The van der Waals surface area contributed by atoms with Crippen LogP contribution in [0.4, 0.5) is 11.4 Å². The van der Waals surface area contributed by atoms with E-state index in [4.69, 9.17) is 19.9 Å². The Morgan fingerprint density at radius 3 is 2.08 bits per heavy atom. The molecule has 0 aliphatic carbocycles. The van der Waals surface area contributed by atoms with Crippen molar-refractivity contribution in [1.82, 2.24) is 0 Å². The van der Waals surface area contributed by atoms with Crippen molar-refractivity contribution in [1.29, 1.82) is 5.26 Å². The minimum Gasteiger partial charge on any atom is -0.497 e. The van der Waals surface area contributed by atoms with Crippen LogP contribution in [-0.4, -0.2) is 32.7 Å². The van der Waals surface area contributed by atoms with Crippen molar-refractivity contribution in [2.45, 2.75) is 13.0 Å². The maximum atomic E-state index is 14.4. The number of amides is 1. The van der Waals surface area contributed by atoms with Crippen LogP contribution in [0.25, 0.3) is 11.1 Å². The predicted octanol–water partition coefficient (Wildman–Crippen LogP) is 5.75. The van der Waals surface area contributed by atoms with Gasteiger partial charge in [0.15, 0.2) is 0 Å². The summed E-state index contributed by atoms with van der Waals surface area (Å²) in [5, 5.41) is 10.4. The van der Waals surface area contributed by atoms with Gasteiger partial charge in [-0.2, -0.15) is 5.26 Å². The maximum absolute atomic E-state index is 14.4. The molecule has 5 rings (SSSR count). The van der Waals surface area contributed by atoms with Gasteiger partial charge in [0.1, 0.15) is 17.6 Å². The molecule has 0 spiro atoms. The first-order valence-corrected chi connectivity index (χ1v) is 12.7. The number of nitriles is 1. The fourth-order valence-electron chi connectivity index (χ4n) is 5.20. The summed E-state index contributed by atoms with van der Waals surface area (Å²) in [6.45, 7) is 1.75. The van der Waals surface area contributed by atoms with Crippen molar-refractivity contribution < 1.29 is 23.8 Å². The van der Waals surface area contributed by atoms with Crippen molar-refractivity contribution in [2.24, 2.45) is 0 Å². The van der Waals surface area contributed by atoms with E-state index in [9.17, 15) is 14.9 Å². The summed E-state index contributed by atoms with van der Waals surface area (Å²) in [4.78, 5) is 29.4. The molecule has 1 heterocycles. The van der Waals surface area contributed by atoms with Gasteiger partial charge in [0.2, 0.25) is 0 Å². The predicted molar refractivity (Wildman–Crippen MR) is 152 cm³/mol. The lowest BCUT2D eigenvalue weighted by Gasteiger charge is -2.27. The van der Waals surface area contributed by atoms with E-state index in [1.807, 2.05) is 54.6 Å². The van der Waals surface area contributed by atoms with E-state index in [2.05, 4.69) is 6.07 Å². The second-order valence-corrected chi connectivity index (χ2v) is 9.07. The SMILES string of the molecule is CCOC(=O)c1c(N)c(C#N)c(-c2ccc(OC)cc2)c2c1C(=O)N(c1ccccc1)C2c1ccc(OC)cc1. The Labute approximate surface area is 232 Å². The summed E-state index contributed by atoms with van der Waals surface area (Å²) in [5.74, 6) is 0.0997. The summed E-state index contributed by atoms with van der Waals surface area (Å²) in [6.07, 6.45) is 0. The van der Waals surface area contributed by atoms with Crippen LogP contribution in [0.15, 0.2) is 78.9 Å². The van der Waals surface area contributed by atoms with Crippen molar-refractivity contribution >= 4 is 23.3 Å². The number of methoxy groups -OCH3 is 2. The molecule has 0 saturated heterocycles. The van der Waals surface area contributed by atoms with Crippen molar-refractivity contribution in [3.63, 3.8) is 0 Å². The molecular formula is C32H27N3O5. The van der Waals surface area contributed by atoms with Crippen LogP contribution in [0, 0.1) is 11.3 Å². The quantitative estimate of drug-likeness (QED) is 0.238. The molecule has 1 atom stereocenters. The third-order valence-electron chi connectivity index (χ3n) is 6.98. The molecule has 40 heavy (non-hydrogen) atoms. The molecule has 0 fully saturated rings. The zero-order valence-corrected chi connectivity index (χ0v) is 22.3. The lowest BCUT2D eigenvalue weighted by molar-refractivity contribution is 0.0524. The minimum atomic E-state index is -0.759. The summed E-state index contributed by atoms with van der Waals surface area (Å²) >= 11 is 0. The molecule has 1 amide bonds. The molecule has 1 aliphatic heterocycles. The van der Waals surface area contributed by atoms with E-state index in [1.54, 1.807) is 50.3 Å². The zero-order chi connectivity index (χ0) is 28.4. The first kappa shape index (κ1) is 26.3. The van der Waals surface area contributed by atoms with Gasteiger partial charge in [-0.25, -0.2) is 4.79 Å². The van der Waals surface area contributed by atoms with Gasteiger partial charge in [-0.15, -0.1) is 0 Å². The smallest absolute Gasteiger partial charge is 0.341 e. The van der Waals surface area contributed by atoms with Gasteiger partial charge in [-0.3, -0.25) is 9.69 Å². The summed E-state index contributed by atoms with van der Waals surface area (Å²) in [7, 11) is 3.14. The molecular weight excluding hydrogens is 506 g/mol. The van der Waals surface area contributed by atoms with Crippen LogP contribution in [0.3, 0.4) is 0 Å². The number of esters is 1. The number of carbonyl (C=O) groups excluding carboxylic acids is 2. The van der Waals surface area contributed by atoms with E-state index >= 15 is 0 Å².